The topological polar surface area (TPSA) is 40.5 Å². The van der Waals surface area contributed by atoms with Crippen LogP contribution in [0.2, 0.25) is 0 Å². The van der Waals surface area contributed by atoms with Gasteiger partial charge in [-0.2, -0.15) is 0 Å². The Morgan fingerprint density at radius 2 is 2.06 bits per heavy atom. The molecule has 4 heteroatoms. The van der Waals surface area contributed by atoms with E-state index >= 15 is 0 Å². The highest BCUT2D eigenvalue weighted by molar-refractivity contribution is 9.10. The molecule has 1 saturated heterocycles. The van der Waals surface area contributed by atoms with Crippen molar-refractivity contribution >= 4 is 27.9 Å². The average molecular weight is 298 g/mol. The van der Waals surface area contributed by atoms with Crippen molar-refractivity contribution in [1.82, 2.24) is 0 Å². The fourth-order valence-corrected chi connectivity index (χ4v) is 2.52. The molecule has 3 nitrogen and oxygen atoms in total. The second-order valence-electron chi connectivity index (χ2n) is 4.81. The van der Waals surface area contributed by atoms with Crippen molar-refractivity contribution in [2.75, 3.05) is 18.0 Å². The van der Waals surface area contributed by atoms with Gasteiger partial charge in [-0.25, -0.2) is 0 Å². The molecular formula is C13H16BrNO2. The minimum absolute atomic E-state index is 0.531. The zero-order valence-electron chi connectivity index (χ0n) is 9.82. The molecule has 0 amide bonds. The van der Waals surface area contributed by atoms with E-state index in [4.69, 9.17) is 0 Å². The lowest BCUT2D eigenvalue weighted by molar-refractivity contribution is 0.0351. The third kappa shape index (κ3) is 2.87. The molecule has 0 spiro atoms. The van der Waals surface area contributed by atoms with Crippen LogP contribution in [0.3, 0.4) is 0 Å². The first-order valence-electron chi connectivity index (χ1n) is 5.74. The standard InChI is InChI=1S/C13H16BrNO2/c1-13(17)4-6-15(7-5-13)11-3-2-10(9-16)12(14)8-11/h2-3,8-9,17H,4-7H2,1H3. The number of rotatable bonds is 2. The molecule has 1 aromatic rings. The Balaban J connectivity index is 2.14. The van der Waals surface area contributed by atoms with Gasteiger partial charge >= 0.3 is 0 Å². The lowest BCUT2D eigenvalue weighted by Gasteiger charge is -2.37. The van der Waals surface area contributed by atoms with Crippen LogP contribution in [-0.2, 0) is 0 Å². The molecule has 2 rings (SSSR count). The van der Waals surface area contributed by atoms with Gasteiger partial charge < -0.3 is 10.0 Å². The molecule has 0 saturated carbocycles. The molecule has 1 aromatic carbocycles. The summed E-state index contributed by atoms with van der Waals surface area (Å²) in [4.78, 5) is 13.0. The maximum Gasteiger partial charge on any atom is 0.151 e. The number of nitrogens with zero attached hydrogens (tertiary/aromatic N) is 1. The largest absolute Gasteiger partial charge is 0.390 e. The highest BCUT2D eigenvalue weighted by atomic mass is 79.9. The number of hydrogen-bond acceptors (Lipinski definition) is 3. The summed E-state index contributed by atoms with van der Waals surface area (Å²) in [5.74, 6) is 0. The van der Waals surface area contributed by atoms with Gasteiger partial charge in [0.2, 0.25) is 0 Å². The van der Waals surface area contributed by atoms with E-state index < -0.39 is 5.60 Å². The Hall–Kier alpha value is -0.870. The quantitative estimate of drug-likeness (QED) is 0.853. The first-order valence-corrected chi connectivity index (χ1v) is 6.53. The van der Waals surface area contributed by atoms with E-state index in [0.717, 1.165) is 42.4 Å². The van der Waals surface area contributed by atoms with Crippen LogP contribution in [0.5, 0.6) is 0 Å². The average Bonchev–Trinajstić information content (AvgIpc) is 2.29. The maximum absolute atomic E-state index is 10.7. The van der Waals surface area contributed by atoms with Gasteiger partial charge in [0.1, 0.15) is 0 Å². The van der Waals surface area contributed by atoms with Crippen molar-refractivity contribution in [2.45, 2.75) is 25.4 Å². The van der Waals surface area contributed by atoms with Crippen LogP contribution in [0, 0.1) is 0 Å². The molecule has 1 heterocycles. The van der Waals surface area contributed by atoms with Crippen LogP contribution in [0.25, 0.3) is 0 Å². The lowest BCUT2D eigenvalue weighted by atomic mass is 9.93. The van der Waals surface area contributed by atoms with E-state index in [0.29, 0.717) is 5.56 Å². The first-order chi connectivity index (χ1) is 8.02. The maximum atomic E-state index is 10.7. The number of piperidine rings is 1. The summed E-state index contributed by atoms with van der Waals surface area (Å²) in [6.07, 6.45) is 2.40. The minimum Gasteiger partial charge on any atom is -0.390 e. The summed E-state index contributed by atoms with van der Waals surface area (Å²) in [7, 11) is 0. The van der Waals surface area contributed by atoms with Gasteiger partial charge in [-0.05, 0) is 53.9 Å². The van der Waals surface area contributed by atoms with Crippen LogP contribution in [0.1, 0.15) is 30.1 Å². The van der Waals surface area contributed by atoms with Gasteiger partial charge in [0.15, 0.2) is 6.29 Å². The molecule has 0 radical (unpaired) electrons. The van der Waals surface area contributed by atoms with Gasteiger partial charge in [0.25, 0.3) is 0 Å². The highest BCUT2D eigenvalue weighted by Gasteiger charge is 2.27. The number of carbonyl (C=O) groups is 1. The van der Waals surface area contributed by atoms with Crippen molar-refractivity contribution in [2.24, 2.45) is 0 Å². The van der Waals surface area contributed by atoms with Crippen LogP contribution in [0.15, 0.2) is 22.7 Å². The van der Waals surface area contributed by atoms with Gasteiger partial charge in [-0.3, -0.25) is 4.79 Å². The van der Waals surface area contributed by atoms with Crippen molar-refractivity contribution < 1.29 is 9.90 Å². The third-order valence-electron chi connectivity index (χ3n) is 3.32. The molecule has 0 aliphatic carbocycles. The molecular weight excluding hydrogens is 282 g/mol. The molecule has 92 valence electrons. The number of halogens is 1. The Morgan fingerprint density at radius 1 is 1.41 bits per heavy atom. The smallest absolute Gasteiger partial charge is 0.151 e. The normalized spacial score (nSPS) is 19.1. The molecule has 1 aliphatic heterocycles. The number of aldehydes is 1. The fourth-order valence-electron chi connectivity index (χ4n) is 2.05. The van der Waals surface area contributed by atoms with Gasteiger partial charge in [-0.15, -0.1) is 0 Å². The van der Waals surface area contributed by atoms with E-state index in [1.807, 2.05) is 25.1 Å². The molecule has 1 fully saturated rings. The van der Waals surface area contributed by atoms with E-state index in [9.17, 15) is 9.90 Å². The Kier molecular flexibility index (Phi) is 3.54. The van der Waals surface area contributed by atoms with E-state index in [1.165, 1.54) is 0 Å². The van der Waals surface area contributed by atoms with E-state index in [2.05, 4.69) is 20.8 Å². The van der Waals surface area contributed by atoms with Crippen molar-refractivity contribution in [3.63, 3.8) is 0 Å². The number of hydrogen-bond donors (Lipinski definition) is 1. The minimum atomic E-state index is -0.531. The van der Waals surface area contributed by atoms with E-state index in [-0.39, 0.29) is 0 Å². The first kappa shape index (κ1) is 12.6. The molecule has 1 aliphatic rings. The van der Waals surface area contributed by atoms with E-state index in [1.54, 1.807) is 0 Å². The predicted octanol–water partition coefficient (Wildman–Crippen LogP) is 2.61. The summed E-state index contributed by atoms with van der Waals surface area (Å²) in [5, 5.41) is 9.89. The zero-order chi connectivity index (χ0) is 12.5. The molecule has 0 atom stereocenters. The van der Waals surface area contributed by atoms with Gasteiger partial charge in [-0.1, -0.05) is 0 Å². The Bertz CT molecular complexity index is 421. The fraction of sp³-hybridized carbons (Fsp3) is 0.462. The number of aliphatic hydroxyl groups is 1. The number of carbonyl (C=O) groups excluding carboxylic acids is 1. The predicted molar refractivity (Wildman–Crippen MR) is 71.6 cm³/mol. The summed E-state index contributed by atoms with van der Waals surface area (Å²) >= 11 is 3.39. The zero-order valence-corrected chi connectivity index (χ0v) is 11.4. The van der Waals surface area contributed by atoms with Crippen LogP contribution in [-0.4, -0.2) is 30.1 Å². The molecule has 17 heavy (non-hydrogen) atoms. The summed E-state index contributed by atoms with van der Waals surface area (Å²) < 4.78 is 0.822. The second kappa shape index (κ2) is 4.78. The SMILES string of the molecule is CC1(O)CCN(c2ccc(C=O)c(Br)c2)CC1. The summed E-state index contributed by atoms with van der Waals surface area (Å²) in [6.45, 7) is 3.58. The van der Waals surface area contributed by atoms with Gasteiger partial charge in [0, 0.05) is 28.8 Å². The summed E-state index contributed by atoms with van der Waals surface area (Å²) in [6, 6.07) is 5.73. The van der Waals surface area contributed by atoms with Crippen LogP contribution in [0.4, 0.5) is 5.69 Å². The molecule has 0 bridgehead atoms. The molecule has 1 N–H and O–H groups in total. The Labute approximate surface area is 110 Å². The highest BCUT2D eigenvalue weighted by Crippen LogP contribution is 2.28. The third-order valence-corrected chi connectivity index (χ3v) is 4.00. The second-order valence-corrected chi connectivity index (χ2v) is 5.66. The van der Waals surface area contributed by atoms with Crippen molar-refractivity contribution in [3.05, 3.63) is 28.2 Å². The monoisotopic (exact) mass is 297 g/mol. The van der Waals surface area contributed by atoms with Crippen LogP contribution < -0.4 is 4.90 Å². The molecule has 0 aromatic heterocycles. The number of anilines is 1. The molecule has 0 unspecified atom stereocenters. The summed E-state index contributed by atoms with van der Waals surface area (Å²) in [5.41, 5.74) is 1.23. The lowest BCUT2D eigenvalue weighted by Crippen LogP contribution is -2.42. The van der Waals surface area contributed by atoms with Gasteiger partial charge in [0.05, 0.1) is 5.60 Å². The van der Waals surface area contributed by atoms with Crippen molar-refractivity contribution in [3.8, 4) is 0 Å². The number of benzene rings is 1. The Morgan fingerprint density at radius 3 is 2.59 bits per heavy atom. The van der Waals surface area contributed by atoms with Crippen molar-refractivity contribution in [1.29, 1.82) is 0 Å². The van der Waals surface area contributed by atoms with Crippen LogP contribution >= 0.6 is 15.9 Å².